The second kappa shape index (κ2) is 20.7. The maximum atomic E-state index is 13.8. The van der Waals surface area contributed by atoms with E-state index in [1.165, 1.54) is 4.68 Å². The number of esters is 5. The van der Waals surface area contributed by atoms with Crippen molar-refractivity contribution in [1.29, 1.82) is 0 Å². The molecule has 0 unspecified atom stereocenters. The zero-order valence-corrected chi connectivity index (χ0v) is 41.3. The largest absolute Gasteiger partial charge is 0.462 e. The molecule has 0 N–H and O–H groups in total. The Balaban J connectivity index is 2.18. The average Bonchev–Trinajstić information content (AvgIpc) is 3.52. The van der Waals surface area contributed by atoms with Gasteiger partial charge in [0.15, 0.2) is 12.2 Å². The second-order valence-electron chi connectivity index (χ2n) is 21.3. The monoisotopic (exact) mass is 922 g/mol. The fourth-order valence-electron chi connectivity index (χ4n) is 5.42. The molecule has 0 bridgehead atoms. The van der Waals surface area contributed by atoms with Gasteiger partial charge in [0.25, 0.3) is 10.1 Å². The van der Waals surface area contributed by atoms with Crippen LogP contribution < -0.4 is 9.47 Å². The summed E-state index contributed by atoms with van der Waals surface area (Å²) >= 11 is 0. The van der Waals surface area contributed by atoms with E-state index in [0.717, 1.165) is 11.8 Å². The fraction of sp³-hybridized carbons (Fsp3) is 0.696. The molecule has 1 aromatic carbocycles. The van der Waals surface area contributed by atoms with Gasteiger partial charge in [0.05, 0.1) is 39.9 Å². The molecule has 64 heavy (non-hydrogen) atoms. The highest BCUT2D eigenvalue weighted by Crippen LogP contribution is 2.36. The van der Waals surface area contributed by atoms with Crippen LogP contribution in [0.25, 0.3) is 0 Å². The van der Waals surface area contributed by atoms with Gasteiger partial charge >= 0.3 is 29.8 Å². The summed E-state index contributed by atoms with van der Waals surface area (Å²) in [4.78, 5) is 66.8. The number of hydrogen-bond donors (Lipinski definition) is 0. The predicted molar refractivity (Wildman–Crippen MR) is 234 cm³/mol. The molecule has 0 radical (unpaired) electrons. The maximum Gasteiger partial charge on any atom is 0.316 e. The molecule has 3 rings (SSSR count). The lowest BCUT2D eigenvalue weighted by atomic mass is 9.93. The van der Waals surface area contributed by atoms with Gasteiger partial charge in [0, 0.05) is 18.3 Å². The molecule has 0 amide bonds. The second-order valence-corrected chi connectivity index (χ2v) is 22.9. The predicted octanol–water partition coefficient (Wildman–Crippen LogP) is 6.55. The van der Waals surface area contributed by atoms with Crippen LogP contribution in [-0.4, -0.2) is 98.2 Å². The summed E-state index contributed by atoms with van der Waals surface area (Å²) in [6, 6.07) is 7.03. The summed E-state index contributed by atoms with van der Waals surface area (Å²) in [7, 11) is -3.69. The normalized spacial score (nSPS) is 19.9. The van der Waals surface area contributed by atoms with Crippen LogP contribution in [0.5, 0.6) is 11.6 Å². The highest BCUT2D eigenvalue weighted by molar-refractivity contribution is 7.85. The molecule has 360 valence electrons. The van der Waals surface area contributed by atoms with E-state index < -0.39 is 98.4 Å². The standard InChI is InChI=1S/C46H70N2O15S/c1-42(2,3)37(49)56-27-31-32(60-39(51)44(7,8)9)33(61-40(52)45(10,11)12)34(62-41(53)46(13,14)15)36(59-31)63-35-29(26-48(47-35)24-17-25-57-64(16,54)55)21-18-28-19-22-30(23-20-28)58-38(50)43(4,5)6/h19-20,22-23,26,31-34,36H,17-18,21,24-25,27H2,1-16H3/t31-,32-,33+,34-,36+/m1/s1. The van der Waals surface area contributed by atoms with Gasteiger partial charge in [-0.2, -0.15) is 8.42 Å². The third-order valence-electron chi connectivity index (χ3n) is 9.43. The van der Waals surface area contributed by atoms with E-state index in [2.05, 4.69) is 5.10 Å². The lowest BCUT2D eigenvalue weighted by Gasteiger charge is -2.45. The fourth-order valence-corrected chi connectivity index (χ4v) is 5.85. The molecule has 0 saturated carbocycles. The first-order valence-corrected chi connectivity index (χ1v) is 23.2. The zero-order valence-electron chi connectivity index (χ0n) is 40.4. The summed E-state index contributed by atoms with van der Waals surface area (Å²) in [6.07, 6.45) is -3.82. The van der Waals surface area contributed by atoms with E-state index in [1.807, 2.05) is 12.1 Å². The first kappa shape index (κ1) is 53.8. The summed E-state index contributed by atoms with van der Waals surface area (Å²) in [5.41, 5.74) is -3.42. The average molecular weight is 923 g/mol. The van der Waals surface area contributed by atoms with E-state index in [9.17, 15) is 32.4 Å². The van der Waals surface area contributed by atoms with Crippen molar-refractivity contribution in [2.75, 3.05) is 19.5 Å². The summed E-state index contributed by atoms with van der Waals surface area (Å²) in [5, 5.41) is 4.67. The molecule has 5 atom stereocenters. The highest BCUT2D eigenvalue weighted by Gasteiger charge is 2.56. The Morgan fingerprint density at radius 2 is 1.14 bits per heavy atom. The van der Waals surface area contributed by atoms with Crippen LogP contribution >= 0.6 is 0 Å². The molecule has 2 heterocycles. The zero-order chi connectivity index (χ0) is 48.8. The van der Waals surface area contributed by atoms with E-state index >= 15 is 0 Å². The molecular weight excluding hydrogens is 853 g/mol. The van der Waals surface area contributed by atoms with Gasteiger partial charge < -0.3 is 33.2 Å². The van der Waals surface area contributed by atoms with Crippen LogP contribution in [0.3, 0.4) is 0 Å². The van der Waals surface area contributed by atoms with E-state index in [4.69, 9.17) is 37.3 Å². The first-order valence-electron chi connectivity index (χ1n) is 21.4. The summed E-state index contributed by atoms with van der Waals surface area (Å²) < 4.78 is 72.4. The van der Waals surface area contributed by atoms with E-state index in [0.29, 0.717) is 24.2 Å². The molecule has 1 fully saturated rings. The van der Waals surface area contributed by atoms with Gasteiger partial charge in [-0.25, -0.2) is 0 Å². The minimum Gasteiger partial charge on any atom is -0.462 e. The summed E-state index contributed by atoms with van der Waals surface area (Å²) in [6.45, 7) is 24.6. The van der Waals surface area contributed by atoms with E-state index in [-0.39, 0.29) is 31.4 Å². The number of benzene rings is 1. The van der Waals surface area contributed by atoms with Crippen molar-refractivity contribution in [2.24, 2.45) is 27.1 Å². The number of aryl methyl sites for hydroxylation is 3. The smallest absolute Gasteiger partial charge is 0.316 e. The Morgan fingerprint density at radius 1 is 0.656 bits per heavy atom. The molecule has 2 aromatic rings. The first-order chi connectivity index (χ1) is 29.1. The number of ether oxygens (including phenoxy) is 7. The van der Waals surface area contributed by atoms with Crippen LogP contribution in [0.15, 0.2) is 30.5 Å². The number of aromatic nitrogens is 2. The van der Waals surface area contributed by atoms with Crippen LogP contribution in [-0.2, 0) is 81.3 Å². The van der Waals surface area contributed by atoms with Crippen molar-refractivity contribution in [3.05, 3.63) is 41.6 Å². The summed E-state index contributed by atoms with van der Waals surface area (Å²) in [5.74, 6) is -2.71. The lowest BCUT2D eigenvalue weighted by molar-refractivity contribution is -0.294. The SMILES string of the molecule is CC(C)(C)C(=O)OC[C@H]1O[C@@H](Oc2nn(CCCOS(C)(=O)=O)cc2CCc2ccc(OC(=O)C(C)(C)C)cc2)[C@H](OC(=O)C(C)(C)C)[C@@H](OC(=O)C(C)(C)C)[C@@H]1OC(=O)C(C)(C)C. The molecule has 0 spiro atoms. The number of rotatable bonds is 16. The minimum absolute atomic E-state index is 0.0260. The van der Waals surface area contributed by atoms with Gasteiger partial charge in [-0.3, -0.25) is 32.8 Å². The van der Waals surface area contributed by atoms with Crippen molar-refractivity contribution in [2.45, 2.75) is 160 Å². The van der Waals surface area contributed by atoms with Crippen LogP contribution in [0.2, 0.25) is 0 Å². The number of hydrogen-bond acceptors (Lipinski definition) is 16. The molecule has 1 aromatic heterocycles. The third-order valence-corrected chi connectivity index (χ3v) is 10.0. The Morgan fingerprint density at radius 3 is 1.62 bits per heavy atom. The molecular formula is C46H70N2O15S. The topological polar surface area (TPSA) is 211 Å². The van der Waals surface area contributed by atoms with E-state index in [1.54, 1.807) is 122 Å². The van der Waals surface area contributed by atoms with Gasteiger partial charge in [-0.05, 0) is 141 Å². The van der Waals surface area contributed by atoms with Crippen molar-refractivity contribution < 1.29 is 69.7 Å². The molecule has 0 aliphatic carbocycles. The van der Waals surface area contributed by atoms with Crippen molar-refractivity contribution in [3.63, 3.8) is 0 Å². The lowest BCUT2D eigenvalue weighted by Crippen LogP contribution is -2.65. The number of carbonyl (C=O) groups is 5. The number of carbonyl (C=O) groups excluding carboxylic acids is 5. The Hall–Kier alpha value is -4.55. The quantitative estimate of drug-likeness (QED) is 0.0574. The third kappa shape index (κ3) is 16.5. The molecule has 1 saturated heterocycles. The molecule has 1 aliphatic heterocycles. The molecule has 1 aliphatic rings. The van der Waals surface area contributed by atoms with Gasteiger partial charge in [-0.15, -0.1) is 5.10 Å². The Labute approximate surface area is 378 Å². The van der Waals surface area contributed by atoms with Gasteiger partial charge in [0.1, 0.15) is 18.5 Å². The van der Waals surface area contributed by atoms with Gasteiger partial charge in [0.2, 0.25) is 18.3 Å². The van der Waals surface area contributed by atoms with Gasteiger partial charge in [-0.1, -0.05) is 12.1 Å². The van der Waals surface area contributed by atoms with Crippen LogP contribution in [0.4, 0.5) is 0 Å². The Kier molecular flexibility index (Phi) is 17.4. The van der Waals surface area contributed by atoms with Crippen molar-refractivity contribution in [1.82, 2.24) is 9.78 Å². The minimum atomic E-state index is -3.69. The Bertz CT molecular complexity index is 2060. The highest BCUT2D eigenvalue weighted by atomic mass is 32.2. The van der Waals surface area contributed by atoms with Crippen molar-refractivity contribution >= 4 is 40.0 Å². The van der Waals surface area contributed by atoms with Crippen molar-refractivity contribution in [3.8, 4) is 11.6 Å². The van der Waals surface area contributed by atoms with Crippen LogP contribution in [0.1, 0.15) is 121 Å². The number of nitrogens with zero attached hydrogens (tertiary/aromatic N) is 2. The maximum absolute atomic E-state index is 13.8. The molecule has 17 nitrogen and oxygen atoms in total. The van der Waals surface area contributed by atoms with Crippen LogP contribution in [0, 0.1) is 27.1 Å². The molecule has 18 heteroatoms.